The fraction of sp³-hybridized carbons (Fsp3) is 0.500. The molecule has 0 N–H and O–H groups in total. The molecule has 2 rings (SSSR count). The Morgan fingerprint density at radius 3 is 2.94 bits per heavy atom. The van der Waals surface area contributed by atoms with Crippen LogP contribution in [0.15, 0.2) is 18.2 Å². The summed E-state index contributed by atoms with van der Waals surface area (Å²) >= 11 is 5.92. The quantitative estimate of drug-likeness (QED) is 0.755. The molecular formula is C14H17ClN2. The number of hydrogen-bond donors (Lipinski definition) is 0. The van der Waals surface area contributed by atoms with Gasteiger partial charge in [0.15, 0.2) is 0 Å². The molecule has 0 bridgehead atoms. The summed E-state index contributed by atoms with van der Waals surface area (Å²) in [5, 5.41) is 9.79. The molecule has 0 amide bonds. The lowest BCUT2D eigenvalue weighted by Gasteiger charge is -2.23. The van der Waals surface area contributed by atoms with Crippen molar-refractivity contribution in [3.8, 4) is 6.07 Å². The Morgan fingerprint density at radius 2 is 2.18 bits per heavy atom. The third-order valence-electron chi connectivity index (χ3n) is 3.44. The molecule has 1 saturated heterocycles. The Hall–Kier alpha value is -1.20. The smallest absolute Gasteiger partial charge is 0.101 e. The molecule has 2 nitrogen and oxygen atoms in total. The molecule has 1 fully saturated rings. The van der Waals surface area contributed by atoms with Crippen LogP contribution >= 0.6 is 11.6 Å². The molecule has 1 aromatic rings. The minimum absolute atomic E-state index is 0.633. The van der Waals surface area contributed by atoms with E-state index in [1.165, 1.54) is 19.3 Å². The summed E-state index contributed by atoms with van der Waals surface area (Å²) in [6.07, 6.45) is 3.69. The third kappa shape index (κ3) is 2.92. The zero-order valence-electron chi connectivity index (χ0n) is 10.1. The van der Waals surface area contributed by atoms with E-state index in [0.29, 0.717) is 10.6 Å². The lowest BCUT2D eigenvalue weighted by molar-refractivity contribution is 0.521. The molecule has 0 aromatic heterocycles. The van der Waals surface area contributed by atoms with Gasteiger partial charge < -0.3 is 4.90 Å². The van der Waals surface area contributed by atoms with E-state index in [9.17, 15) is 0 Å². The van der Waals surface area contributed by atoms with Crippen molar-refractivity contribution in [1.29, 1.82) is 5.26 Å². The van der Waals surface area contributed by atoms with E-state index in [2.05, 4.69) is 17.9 Å². The van der Waals surface area contributed by atoms with Gasteiger partial charge in [-0.3, -0.25) is 0 Å². The number of hydrogen-bond acceptors (Lipinski definition) is 2. The highest BCUT2D eigenvalue weighted by molar-refractivity contribution is 6.30. The van der Waals surface area contributed by atoms with Crippen molar-refractivity contribution in [3.05, 3.63) is 28.8 Å². The fourth-order valence-corrected chi connectivity index (χ4v) is 2.55. The number of nitrogens with zero attached hydrogens (tertiary/aromatic N) is 2. The van der Waals surface area contributed by atoms with E-state index in [0.717, 1.165) is 24.7 Å². The van der Waals surface area contributed by atoms with Crippen LogP contribution in [0.2, 0.25) is 5.02 Å². The molecule has 3 heteroatoms. The maximum atomic E-state index is 9.16. The number of anilines is 1. The predicted octanol–water partition coefficient (Wildman–Crippen LogP) is 3.84. The second-order valence-electron chi connectivity index (χ2n) is 4.80. The van der Waals surface area contributed by atoms with E-state index in [1.807, 2.05) is 12.1 Å². The third-order valence-corrected chi connectivity index (χ3v) is 3.67. The van der Waals surface area contributed by atoms with Crippen molar-refractivity contribution in [2.45, 2.75) is 26.2 Å². The lowest BCUT2D eigenvalue weighted by atomic mass is 10.0. The van der Waals surface area contributed by atoms with Crippen molar-refractivity contribution in [3.63, 3.8) is 0 Å². The standard InChI is InChI=1S/C14H17ClN2/c1-11-3-2-7-17(8-6-11)14-5-4-13(15)9-12(14)10-16/h4-5,9,11H,2-3,6-8H2,1H3. The van der Waals surface area contributed by atoms with Crippen LogP contribution in [0.3, 0.4) is 0 Å². The van der Waals surface area contributed by atoms with Crippen LogP contribution in [-0.4, -0.2) is 13.1 Å². The minimum atomic E-state index is 0.633. The van der Waals surface area contributed by atoms with Gasteiger partial charge in [0.1, 0.15) is 6.07 Å². The van der Waals surface area contributed by atoms with Crippen molar-refractivity contribution in [2.24, 2.45) is 5.92 Å². The predicted molar refractivity (Wildman–Crippen MR) is 71.4 cm³/mol. The first kappa shape index (κ1) is 12.3. The van der Waals surface area contributed by atoms with Gasteiger partial charge in [0.25, 0.3) is 0 Å². The Kier molecular flexibility index (Phi) is 3.91. The lowest BCUT2D eigenvalue weighted by Crippen LogP contribution is -2.24. The number of halogens is 1. The first-order valence-corrected chi connectivity index (χ1v) is 6.53. The molecule has 90 valence electrons. The molecular weight excluding hydrogens is 232 g/mol. The molecule has 17 heavy (non-hydrogen) atoms. The highest BCUT2D eigenvalue weighted by Gasteiger charge is 2.16. The number of benzene rings is 1. The summed E-state index contributed by atoms with van der Waals surface area (Å²) < 4.78 is 0. The van der Waals surface area contributed by atoms with Crippen molar-refractivity contribution in [2.75, 3.05) is 18.0 Å². The molecule has 1 atom stereocenters. The topological polar surface area (TPSA) is 27.0 Å². The molecule has 1 aromatic carbocycles. The van der Waals surface area contributed by atoms with Crippen molar-refractivity contribution < 1.29 is 0 Å². The monoisotopic (exact) mass is 248 g/mol. The van der Waals surface area contributed by atoms with Gasteiger partial charge in [-0.1, -0.05) is 18.5 Å². The van der Waals surface area contributed by atoms with E-state index in [-0.39, 0.29) is 0 Å². The largest absolute Gasteiger partial charge is 0.370 e. The second-order valence-corrected chi connectivity index (χ2v) is 5.23. The van der Waals surface area contributed by atoms with E-state index < -0.39 is 0 Å². The zero-order valence-corrected chi connectivity index (χ0v) is 10.9. The Labute approximate surface area is 108 Å². The fourth-order valence-electron chi connectivity index (χ4n) is 2.38. The molecule has 1 aliphatic rings. The van der Waals surface area contributed by atoms with E-state index in [1.54, 1.807) is 6.07 Å². The maximum Gasteiger partial charge on any atom is 0.101 e. The van der Waals surface area contributed by atoms with Gasteiger partial charge in [-0.05, 0) is 43.4 Å². The maximum absolute atomic E-state index is 9.16. The summed E-state index contributed by atoms with van der Waals surface area (Å²) in [6.45, 7) is 4.38. The van der Waals surface area contributed by atoms with Gasteiger partial charge in [0.2, 0.25) is 0 Å². The van der Waals surface area contributed by atoms with Crippen molar-refractivity contribution in [1.82, 2.24) is 0 Å². The summed E-state index contributed by atoms with van der Waals surface area (Å²) in [4.78, 5) is 2.32. The first-order valence-electron chi connectivity index (χ1n) is 6.15. The first-order chi connectivity index (χ1) is 8.20. The molecule has 0 spiro atoms. The van der Waals surface area contributed by atoms with Crippen LogP contribution in [0, 0.1) is 17.2 Å². The molecule has 1 aliphatic heterocycles. The number of rotatable bonds is 1. The van der Waals surface area contributed by atoms with Gasteiger partial charge in [0, 0.05) is 18.1 Å². The molecule has 0 aliphatic carbocycles. The van der Waals surface area contributed by atoms with Crippen LogP contribution in [0.5, 0.6) is 0 Å². The summed E-state index contributed by atoms with van der Waals surface area (Å²) in [7, 11) is 0. The van der Waals surface area contributed by atoms with Crippen LogP contribution in [-0.2, 0) is 0 Å². The summed E-state index contributed by atoms with van der Waals surface area (Å²) in [5.74, 6) is 0.790. The average Bonchev–Trinajstić information content (AvgIpc) is 2.54. The number of nitriles is 1. The van der Waals surface area contributed by atoms with Gasteiger partial charge in [0.05, 0.1) is 11.3 Å². The van der Waals surface area contributed by atoms with Crippen molar-refractivity contribution >= 4 is 17.3 Å². The van der Waals surface area contributed by atoms with E-state index >= 15 is 0 Å². The molecule has 1 heterocycles. The van der Waals surface area contributed by atoms with Gasteiger partial charge in [-0.2, -0.15) is 5.26 Å². The van der Waals surface area contributed by atoms with Crippen LogP contribution < -0.4 is 4.90 Å². The SMILES string of the molecule is CC1CCCN(c2ccc(Cl)cc2C#N)CC1. The molecule has 0 radical (unpaired) electrons. The highest BCUT2D eigenvalue weighted by atomic mass is 35.5. The summed E-state index contributed by atoms with van der Waals surface area (Å²) in [6, 6.07) is 7.83. The normalized spacial score (nSPS) is 20.8. The van der Waals surface area contributed by atoms with Gasteiger partial charge >= 0.3 is 0 Å². The van der Waals surface area contributed by atoms with Crippen LogP contribution in [0.4, 0.5) is 5.69 Å². The minimum Gasteiger partial charge on any atom is -0.370 e. The average molecular weight is 249 g/mol. The molecule has 0 saturated carbocycles. The van der Waals surface area contributed by atoms with E-state index in [4.69, 9.17) is 16.9 Å². The second kappa shape index (κ2) is 5.42. The Morgan fingerprint density at radius 1 is 1.35 bits per heavy atom. The Bertz CT molecular complexity index is 436. The highest BCUT2D eigenvalue weighted by Crippen LogP contribution is 2.27. The molecule has 1 unspecified atom stereocenters. The van der Waals surface area contributed by atoms with Gasteiger partial charge in [-0.15, -0.1) is 0 Å². The van der Waals surface area contributed by atoms with Crippen LogP contribution in [0.25, 0.3) is 0 Å². The summed E-state index contributed by atoms with van der Waals surface area (Å²) in [5.41, 5.74) is 1.72. The van der Waals surface area contributed by atoms with Gasteiger partial charge in [-0.25, -0.2) is 0 Å². The Balaban J connectivity index is 2.24. The zero-order chi connectivity index (χ0) is 12.3. The van der Waals surface area contributed by atoms with Crippen LogP contribution in [0.1, 0.15) is 31.7 Å².